The van der Waals surface area contributed by atoms with Crippen LogP contribution in [0.5, 0.6) is 0 Å². The zero-order valence-corrected chi connectivity index (χ0v) is 12.5. The third-order valence-electron chi connectivity index (χ3n) is 4.31. The van der Waals surface area contributed by atoms with E-state index in [4.69, 9.17) is 0 Å². The highest BCUT2D eigenvalue weighted by atomic mass is 15.2. The lowest BCUT2D eigenvalue weighted by Gasteiger charge is -2.19. The van der Waals surface area contributed by atoms with E-state index in [1.807, 2.05) is 6.20 Å². The van der Waals surface area contributed by atoms with Crippen LogP contribution >= 0.6 is 0 Å². The molecule has 2 heterocycles. The van der Waals surface area contributed by atoms with Crippen LogP contribution in [0.1, 0.15) is 17.0 Å². The highest BCUT2D eigenvalue weighted by Crippen LogP contribution is 2.28. The minimum atomic E-state index is 0.872. The Balaban J connectivity index is 1.54. The van der Waals surface area contributed by atoms with Crippen LogP contribution in [0, 0.1) is 0 Å². The van der Waals surface area contributed by atoms with Crippen molar-refractivity contribution in [1.82, 2.24) is 9.55 Å². The zero-order valence-electron chi connectivity index (χ0n) is 12.5. The van der Waals surface area contributed by atoms with Crippen molar-refractivity contribution in [2.24, 2.45) is 0 Å². The fraction of sp³-hybridized carbons (Fsp3) is 0.211. The van der Waals surface area contributed by atoms with E-state index in [1.165, 1.54) is 16.8 Å². The van der Waals surface area contributed by atoms with Crippen LogP contribution in [-0.2, 0) is 19.5 Å². The first-order valence-corrected chi connectivity index (χ1v) is 7.77. The van der Waals surface area contributed by atoms with Crippen molar-refractivity contribution in [3.8, 4) is 0 Å². The van der Waals surface area contributed by atoms with Crippen molar-refractivity contribution in [3.05, 3.63) is 83.9 Å². The number of fused-ring (bicyclic) bond motifs is 1. The van der Waals surface area contributed by atoms with Gasteiger partial charge in [-0.1, -0.05) is 48.5 Å². The summed E-state index contributed by atoms with van der Waals surface area (Å²) >= 11 is 0. The maximum atomic E-state index is 4.57. The summed E-state index contributed by atoms with van der Waals surface area (Å²) in [5.74, 6) is 1.13. The van der Waals surface area contributed by atoms with Gasteiger partial charge in [-0.2, -0.15) is 0 Å². The van der Waals surface area contributed by atoms with E-state index in [9.17, 15) is 0 Å². The third-order valence-corrected chi connectivity index (χ3v) is 4.31. The van der Waals surface area contributed by atoms with Gasteiger partial charge in [0.1, 0.15) is 5.82 Å². The molecule has 1 aliphatic heterocycles. The molecular weight excluding hydrogens is 270 g/mol. The molecule has 0 fully saturated rings. The number of benzene rings is 2. The Morgan fingerprint density at radius 1 is 0.909 bits per heavy atom. The van der Waals surface area contributed by atoms with Crippen LogP contribution in [0.15, 0.2) is 67.0 Å². The lowest BCUT2D eigenvalue weighted by Crippen LogP contribution is -2.22. The minimum Gasteiger partial charge on any atom is -0.363 e. The van der Waals surface area contributed by atoms with Crippen LogP contribution in [-0.4, -0.2) is 16.1 Å². The maximum Gasteiger partial charge on any atom is 0.128 e. The van der Waals surface area contributed by atoms with Gasteiger partial charge in [-0.05, 0) is 23.6 Å². The summed E-state index contributed by atoms with van der Waals surface area (Å²) in [6, 6.07) is 19.2. The molecule has 4 rings (SSSR count). The second-order valence-corrected chi connectivity index (χ2v) is 5.76. The third kappa shape index (κ3) is 2.50. The van der Waals surface area contributed by atoms with Gasteiger partial charge in [0.05, 0.1) is 6.54 Å². The zero-order chi connectivity index (χ0) is 14.8. The molecule has 0 saturated carbocycles. The molecule has 0 aliphatic carbocycles. The second kappa shape index (κ2) is 5.68. The first-order chi connectivity index (χ1) is 10.9. The first kappa shape index (κ1) is 13.1. The van der Waals surface area contributed by atoms with Gasteiger partial charge in [0.2, 0.25) is 0 Å². The lowest BCUT2D eigenvalue weighted by molar-refractivity contribution is 0.692. The van der Waals surface area contributed by atoms with Gasteiger partial charge in [0.25, 0.3) is 0 Å². The smallest absolute Gasteiger partial charge is 0.128 e. The largest absolute Gasteiger partial charge is 0.363 e. The summed E-state index contributed by atoms with van der Waals surface area (Å²) in [7, 11) is 0. The van der Waals surface area contributed by atoms with E-state index >= 15 is 0 Å². The maximum absolute atomic E-state index is 4.57. The van der Waals surface area contributed by atoms with Gasteiger partial charge in [-0.15, -0.1) is 0 Å². The molecule has 22 heavy (non-hydrogen) atoms. The number of anilines is 1. The molecule has 1 aliphatic rings. The van der Waals surface area contributed by atoms with Crippen molar-refractivity contribution in [1.29, 1.82) is 0 Å². The molecule has 0 atom stereocenters. The van der Waals surface area contributed by atoms with Crippen LogP contribution < -0.4 is 4.90 Å². The van der Waals surface area contributed by atoms with Gasteiger partial charge in [-0.3, -0.25) is 0 Å². The van der Waals surface area contributed by atoms with Crippen LogP contribution in [0.4, 0.5) is 5.69 Å². The molecule has 1 aromatic heterocycles. The van der Waals surface area contributed by atoms with Crippen molar-refractivity contribution in [2.45, 2.75) is 19.5 Å². The summed E-state index contributed by atoms with van der Waals surface area (Å²) in [5, 5.41) is 0. The van der Waals surface area contributed by atoms with Gasteiger partial charge in [0, 0.05) is 31.2 Å². The topological polar surface area (TPSA) is 21.1 Å². The highest BCUT2D eigenvalue weighted by molar-refractivity contribution is 5.57. The Bertz CT molecular complexity index is 761. The van der Waals surface area contributed by atoms with Gasteiger partial charge >= 0.3 is 0 Å². The van der Waals surface area contributed by atoms with Crippen LogP contribution in [0.2, 0.25) is 0 Å². The molecule has 3 nitrogen and oxygen atoms in total. The Kier molecular flexibility index (Phi) is 3.39. The Labute approximate surface area is 130 Å². The van der Waals surface area contributed by atoms with E-state index in [2.05, 4.69) is 75.2 Å². The van der Waals surface area contributed by atoms with Gasteiger partial charge < -0.3 is 9.47 Å². The van der Waals surface area contributed by atoms with Gasteiger partial charge in [-0.25, -0.2) is 4.98 Å². The molecule has 0 amide bonds. The van der Waals surface area contributed by atoms with Crippen molar-refractivity contribution in [2.75, 3.05) is 11.4 Å². The molecule has 0 bridgehead atoms. The fourth-order valence-corrected chi connectivity index (χ4v) is 3.16. The van der Waals surface area contributed by atoms with Crippen molar-refractivity contribution < 1.29 is 0 Å². The average Bonchev–Trinajstić information content (AvgIpc) is 3.17. The molecule has 0 radical (unpaired) electrons. The SMILES string of the molecule is c1ccc(Cn2ccnc2CN2CCc3ccccc32)cc1. The summed E-state index contributed by atoms with van der Waals surface area (Å²) in [4.78, 5) is 7.00. The van der Waals surface area contributed by atoms with Crippen LogP contribution in [0.3, 0.4) is 0 Å². The molecular formula is C19H19N3. The lowest BCUT2D eigenvalue weighted by atomic mass is 10.2. The number of aromatic nitrogens is 2. The molecule has 3 heteroatoms. The monoisotopic (exact) mass is 289 g/mol. The summed E-state index contributed by atoms with van der Waals surface area (Å²) in [5.41, 5.74) is 4.11. The minimum absolute atomic E-state index is 0.872. The Morgan fingerprint density at radius 2 is 1.73 bits per heavy atom. The number of hydrogen-bond acceptors (Lipinski definition) is 2. The second-order valence-electron chi connectivity index (χ2n) is 5.76. The number of hydrogen-bond donors (Lipinski definition) is 0. The first-order valence-electron chi connectivity index (χ1n) is 7.77. The predicted molar refractivity (Wildman–Crippen MR) is 89.0 cm³/mol. The average molecular weight is 289 g/mol. The number of nitrogens with zero attached hydrogens (tertiary/aromatic N) is 3. The van der Waals surface area contributed by atoms with E-state index in [-0.39, 0.29) is 0 Å². The van der Waals surface area contributed by atoms with E-state index in [1.54, 1.807) is 0 Å². The standard InChI is InChI=1S/C19H19N3/c1-2-6-16(7-3-1)14-22-13-11-20-19(22)15-21-12-10-17-8-4-5-9-18(17)21/h1-9,11,13H,10,12,14-15H2. The quantitative estimate of drug-likeness (QED) is 0.733. The summed E-state index contributed by atoms with van der Waals surface area (Å²) < 4.78 is 2.25. The predicted octanol–water partition coefficient (Wildman–Crippen LogP) is 3.49. The molecule has 0 unspecified atom stereocenters. The van der Waals surface area contributed by atoms with Gasteiger partial charge in [0.15, 0.2) is 0 Å². The van der Waals surface area contributed by atoms with Crippen LogP contribution in [0.25, 0.3) is 0 Å². The Hall–Kier alpha value is -2.55. The molecule has 110 valence electrons. The molecule has 0 saturated heterocycles. The number of imidazole rings is 1. The molecule has 0 N–H and O–H groups in total. The van der Waals surface area contributed by atoms with E-state index in [0.29, 0.717) is 0 Å². The molecule has 3 aromatic rings. The number of rotatable bonds is 4. The highest BCUT2D eigenvalue weighted by Gasteiger charge is 2.19. The van der Waals surface area contributed by atoms with E-state index in [0.717, 1.165) is 31.9 Å². The summed E-state index contributed by atoms with van der Waals surface area (Å²) in [6.07, 6.45) is 5.11. The Morgan fingerprint density at radius 3 is 2.64 bits per heavy atom. The summed E-state index contributed by atoms with van der Waals surface area (Å²) in [6.45, 7) is 2.83. The molecule has 0 spiro atoms. The fourth-order valence-electron chi connectivity index (χ4n) is 3.16. The van der Waals surface area contributed by atoms with Crippen molar-refractivity contribution >= 4 is 5.69 Å². The molecule has 2 aromatic carbocycles. The normalized spacial score (nSPS) is 13.4. The number of para-hydroxylation sites is 1. The van der Waals surface area contributed by atoms with Crippen molar-refractivity contribution in [3.63, 3.8) is 0 Å². The van der Waals surface area contributed by atoms with E-state index < -0.39 is 0 Å².